The molecule has 106 valence electrons. The van der Waals surface area contributed by atoms with Gasteiger partial charge >= 0.3 is 23.5 Å². The van der Waals surface area contributed by atoms with E-state index in [2.05, 4.69) is 8.62 Å². The van der Waals surface area contributed by atoms with Crippen LogP contribution in [0.1, 0.15) is 0 Å². The monoisotopic (exact) mass is 327 g/mol. The summed E-state index contributed by atoms with van der Waals surface area (Å²) in [5.41, 5.74) is 0. The van der Waals surface area contributed by atoms with Gasteiger partial charge in [0.05, 0.1) is 0 Å². The molecular weight excluding hydrogens is 319 g/mol. The normalized spacial score (nSPS) is 11.1. The Morgan fingerprint density at radius 1 is 0.778 bits per heavy atom. The molecule has 0 aromatic rings. The zero-order valence-electron chi connectivity index (χ0n) is 8.22. The fourth-order valence-electron chi connectivity index (χ4n) is 0.284. The first-order valence-electron chi connectivity index (χ1n) is 2.98. The smallest absolute Gasteiger partial charge is 0.344 e. The number of hydrogen-bond acceptors (Lipinski definition) is 8. The first kappa shape index (κ1) is 22.5. The van der Waals surface area contributed by atoms with Gasteiger partial charge in [0.25, 0.3) is 0 Å². The highest BCUT2D eigenvalue weighted by Crippen LogP contribution is 2.64. The van der Waals surface area contributed by atoms with Crippen LogP contribution in [0.25, 0.3) is 0 Å². The van der Waals surface area contributed by atoms with Crippen molar-refractivity contribution in [2.75, 3.05) is 0 Å². The molecule has 0 saturated heterocycles. The molecular formula is C2H8N3O10P3. The highest BCUT2D eigenvalue weighted by Gasteiger charge is 2.38. The lowest BCUT2D eigenvalue weighted by molar-refractivity contribution is 0.204. The molecule has 0 bridgehead atoms. The molecule has 0 aliphatic heterocycles. The lowest BCUT2D eigenvalue weighted by Gasteiger charge is -2.11. The zero-order chi connectivity index (χ0) is 14.3. The van der Waals surface area contributed by atoms with E-state index >= 15 is 0 Å². The summed E-state index contributed by atoms with van der Waals surface area (Å²) in [6, 6.07) is 2.47. The van der Waals surface area contributed by atoms with Crippen molar-refractivity contribution in [3.05, 3.63) is 0 Å². The lowest BCUT2D eigenvalue weighted by atomic mass is 10.9. The van der Waals surface area contributed by atoms with Gasteiger partial charge in [-0.3, -0.25) is 0 Å². The van der Waals surface area contributed by atoms with E-state index in [4.69, 9.17) is 35.0 Å². The van der Waals surface area contributed by atoms with E-state index in [1.807, 2.05) is 0 Å². The zero-order valence-corrected chi connectivity index (χ0v) is 10.9. The van der Waals surface area contributed by atoms with E-state index in [-0.39, 0.29) is 6.15 Å². The highest BCUT2D eigenvalue weighted by molar-refractivity contribution is 7.66. The molecule has 0 spiro atoms. The standard InChI is InChI=1S/C2N2.H3N.H5O10P3/c3-1-2-4;;1-11(2,3)9-13(7,8)10-12(4,5)6/h;1H3;(H,7,8)(H2,1,2,3)(H2,4,5,6). The Kier molecular flexibility index (Phi) is 10.6. The first-order chi connectivity index (χ1) is 7.33. The van der Waals surface area contributed by atoms with Gasteiger partial charge in [0, 0.05) is 0 Å². The molecule has 13 nitrogen and oxygen atoms in total. The van der Waals surface area contributed by atoms with E-state index in [1.54, 1.807) is 0 Å². The van der Waals surface area contributed by atoms with Crippen LogP contribution in [-0.2, 0) is 22.3 Å². The molecule has 16 heteroatoms. The molecule has 18 heavy (non-hydrogen) atoms. The number of hydrogen-bond donors (Lipinski definition) is 6. The van der Waals surface area contributed by atoms with Crippen LogP contribution in [0.3, 0.4) is 0 Å². The molecule has 8 N–H and O–H groups in total. The maximum Gasteiger partial charge on any atom is 0.490 e. The fourth-order valence-corrected chi connectivity index (χ4v) is 2.82. The van der Waals surface area contributed by atoms with E-state index < -0.39 is 23.5 Å². The largest absolute Gasteiger partial charge is 0.490 e. The summed E-state index contributed by atoms with van der Waals surface area (Å²) in [7, 11) is -16.2. The van der Waals surface area contributed by atoms with Crippen molar-refractivity contribution in [3.8, 4) is 12.1 Å². The second-order valence-electron chi connectivity index (χ2n) is 1.84. The first-order valence-corrected chi connectivity index (χ1v) is 7.53. The number of rotatable bonds is 4. The van der Waals surface area contributed by atoms with Crippen LogP contribution in [0, 0.1) is 22.7 Å². The topological polar surface area (TPSA) is 253 Å². The second-order valence-corrected chi connectivity index (χ2v) is 6.04. The molecule has 0 radical (unpaired) electrons. The molecule has 0 amide bonds. The van der Waals surface area contributed by atoms with Gasteiger partial charge in [-0.05, 0) is 0 Å². The predicted octanol–water partition coefficient (Wildman–Crippen LogP) is -0.499. The average Bonchev–Trinajstić information content (AvgIpc) is 1.94. The van der Waals surface area contributed by atoms with Crippen molar-refractivity contribution in [2.24, 2.45) is 0 Å². The van der Waals surface area contributed by atoms with Gasteiger partial charge in [-0.2, -0.15) is 19.1 Å². The minimum atomic E-state index is -5.46. The maximum atomic E-state index is 10.4. The van der Waals surface area contributed by atoms with Crippen molar-refractivity contribution < 1.29 is 46.8 Å². The summed E-state index contributed by atoms with van der Waals surface area (Å²) in [4.78, 5) is 40.2. The van der Waals surface area contributed by atoms with Crippen LogP contribution in [0.15, 0.2) is 0 Å². The summed E-state index contributed by atoms with van der Waals surface area (Å²) in [6.07, 6.45) is 0. The summed E-state index contributed by atoms with van der Waals surface area (Å²) >= 11 is 0. The molecule has 0 atom stereocenters. The summed E-state index contributed by atoms with van der Waals surface area (Å²) in [5, 5.41) is 14.5. The number of nitriles is 2. The molecule has 0 aliphatic rings. The summed E-state index contributed by atoms with van der Waals surface area (Å²) < 4.78 is 36.4. The quantitative estimate of drug-likeness (QED) is 0.356. The molecule has 0 aromatic heterocycles. The third-order valence-corrected chi connectivity index (χ3v) is 3.82. The Bertz CT molecular complexity index is 422. The lowest BCUT2D eigenvalue weighted by Crippen LogP contribution is -1.91. The van der Waals surface area contributed by atoms with Crippen molar-refractivity contribution >= 4 is 23.5 Å². The van der Waals surface area contributed by atoms with Crippen molar-refractivity contribution in [3.63, 3.8) is 0 Å². The SMILES string of the molecule is N.N#CC#N.O=P(O)(O)OP(=O)(O)OP(=O)(O)O. The van der Waals surface area contributed by atoms with Gasteiger partial charge in [0.15, 0.2) is 12.1 Å². The fraction of sp³-hybridized carbons (Fsp3) is 0. The minimum Gasteiger partial charge on any atom is -0.344 e. The Labute approximate surface area is 99.9 Å². The molecule has 0 aliphatic carbocycles. The van der Waals surface area contributed by atoms with Crippen molar-refractivity contribution in [1.29, 1.82) is 10.5 Å². The third-order valence-electron chi connectivity index (χ3n) is 0.469. The van der Waals surface area contributed by atoms with E-state index in [1.165, 1.54) is 12.1 Å². The molecule has 0 rings (SSSR count). The van der Waals surface area contributed by atoms with E-state index in [0.29, 0.717) is 0 Å². The number of phosphoric acid groups is 3. The maximum absolute atomic E-state index is 10.4. The molecule has 0 aromatic carbocycles. The van der Waals surface area contributed by atoms with Gasteiger partial charge in [0.2, 0.25) is 0 Å². The van der Waals surface area contributed by atoms with Crippen LogP contribution in [0.4, 0.5) is 0 Å². The Morgan fingerprint density at radius 3 is 1.11 bits per heavy atom. The molecule has 0 heterocycles. The van der Waals surface area contributed by atoms with Crippen LogP contribution < -0.4 is 6.15 Å². The minimum absolute atomic E-state index is 0. The average molecular weight is 327 g/mol. The van der Waals surface area contributed by atoms with Gasteiger partial charge in [-0.25, -0.2) is 13.7 Å². The van der Waals surface area contributed by atoms with Gasteiger partial charge < -0.3 is 30.6 Å². The Balaban J connectivity index is -0.000000392. The predicted molar refractivity (Wildman–Crippen MR) is 52.3 cm³/mol. The number of nitrogens with zero attached hydrogens (tertiary/aromatic N) is 2. The van der Waals surface area contributed by atoms with Crippen LogP contribution >= 0.6 is 23.5 Å². The van der Waals surface area contributed by atoms with Crippen molar-refractivity contribution in [1.82, 2.24) is 6.15 Å². The van der Waals surface area contributed by atoms with Gasteiger partial charge in [0.1, 0.15) is 0 Å². The van der Waals surface area contributed by atoms with Crippen LogP contribution in [0.2, 0.25) is 0 Å². The molecule has 0 unspecified atom stereocenters. The summed E-state index contributed by atoms with van der Waals surface area (Å²) in [5.74, 6) is 0. The van der Waals surface area contributed by atoms with Crippen molar-refractivity contribution in [2.45, 2.75) is 0 Å². The third kappa shape index (κ3) is 20.7. The second kappa shape index (κ2) is 8.45. The molecule has 0 fully saturated rings. The highest BCUT2D eigenvalue weighted by atomic mass is 31.3. The van der Waals surface area contributed by atoms with Gasteiger partial charge in [-0.1, -0.05) is 0 Å². The molecule has 0 saturated carbocycles. The van der Waals surface area contributed by atoms with E-state index in [0.717, 1.165) is 0 Å². The van der Waals surface area contributed by atoms with Crippen LogP contribution in [0.5, 0.6) is 0 Å². The van der Waals surface area contributed by atoms with Crippen LogP contribution in [-0.4, -0.2) is 24.5 Å². The summed E-state index contributed by atoms with van der Waals surface area (Å²) in [6.45, 7) is 0. The van der Waals surface area contributed by atoms with Gasteiger partial charge in [-0.15, -0.1) is 0 Å². The Morgan fingerprint density at radius 2 is 1.00 bits per heavy atom. The Hall–Kier alpha value is -0.650. The van der Waals surface area contributed by atoms with E-state index in [9.17, 15) is 13.7 Å².